The molecule has 2 N–H and O–H groups in total. The standard InChI is InChI=1S/C26H32Cl2N2O4/c27-22-10-9-21(15-23(22)28)34-20-11-13-30(14-12-20)16-19(31)17-33-25-8-4-3-7-24(25)29-26(32)18-5-1-2-6-18/h3-4,7-10,15,18-20,31H,1-2,5-6,11-14,16-17H2,(H,29,32). The number of rotatable bonds is 9. The average Bonchev–Trinajstić information content (AvgIpc) is 3.37. The number of ether oxygens (including phenoxy) is 2. The van der Waals surface area contributed by atoms with Gasteiger partial charge in [-0.25, -0.2) is 0 Å². The van der Waals surface area contributed by atoms with E-state index in [1.54, 1.807) is 12.1 Å². The Hall–Kier alpha value is -1.99. The Labute approximate surface area is 211 Å². The van der Waals surface area contributed by atoms with Crippen LogP contribution in [-0.2, 0) is 4.79 Å². The Morgan fingerprint density at radius 3 is 2.53 bits per heavy atom. The molecule has 2 aromatic carbocycles. The number of anilines is 1. The Balaban J connectivity index is 1.20. The summed E-state index contributed by atoms with van der Waals surface area (Å²) in [6, 6.07) is 12.7. The maximum Gasteiger partial charge on any atom is 0.227 e. The van der Waals surface area contributed by atoms with Crippen LogP contribution in [0.5, 0.6) is 11.5 Å². The third-order valence-corrected chi connectivity index (χ3v) is 7.24. The van der Waals surface area contributed by atoms with E-state index >= 15 is 0 Å². The third kappa shape index (κ3) is 7.01. The molecule has 0 radical (unpaired) electrons. The average molecular weight is 507 g/mol. The Morgan fingerprint density at radius 1 is 1.06 bits per heavy atom. The van der Waals surface area contributed by atoms with Gasteiger partial charge in [0.15, 0.2) is 0 Å². The second-order valence-corrected chi connectivity index (χ2v) is 9.94. The molecule has 1 aliphatic carbocycles. The Morgan fingerprint density at radius 2 is 1.79 bits per heavy atom. The van der Waals surface area contributed by atoms with Gasteiger partial charge in [-0.3, -0.25) is 4.79 Å². The van der Waals surface area contributed by atoms with E-state index in [0.29, 0.717) is 28.0 Å². The van der Waals surface area contributed by atoms with Gasteiger partial charge in [-0.1, -0.05) is 48.2 Å². The van der Waals surface area contributed by atoms with Crippen molar-refractivity contribution < 1.29 is 19.4 Å². The summed E-state index contributed by atoms with van der Waals surface area (Å²) in [4.78, 5) is 14.7. The summed E-state index contributed by atoms with van der Waals surface area (Å²) in [6.07, 6.45) is 5.32. The molecule has 2 fully saturated rings. The number of β-amino-alcohol motifs (C(OH)–C–C–N with tert-alkyl or cyclic N) is 1. The minimum absolute atomic E-state index is 0.0556. The van der Waals surface area contributed by atoms with Gasteiger partial charge < -0.3 is 24.8 Å². The summed E-state index contributed by atoms with van der Waals surface area (Å²) >= 11 is 12.0. The first-order valence-corrected chi connectivity index (χ1v) is 12.8. The normalized spacial score (nSPS) is 18.6. The maximum absolute atomic E-state index is 12.5. The zero-order chi connectivity index (χ0) is 23.9. The molecular formula is C26H32Cl2N2O4. The zero-order valence-corrected chi connectivity index (χ0v) is 20.7. The molecule has 1 heterocycles. The van der Waals surface area contributed by atoms with E-state index in [1.807, 2.05) is 30.3 Å². The van der Waals surface area contributed by atoms with Crippen LogP contribution in [0.25, 0.3) is 0 Å². The van der Waals surface area contributed by atoms with Crippen molar-refractivity contribution in [2.75, 3.05) is 31.6 Å². The minimum atomic E-state index is -0.633. The highest BCUT2D eigenvalue weighted by Crippen LogP contribution is 2.30. The largest absolute Gasteiger partial charge is 0.490 e. The summed E-state index contributed by atoms with van der Waals surface area (Å²) < 4.78 is 11.9. The highest BCUT2D eigenvalue weighted by atomic mass is 35.5. The first kappa shape index (κ1) is 25.1. The SMILES string of the molecule is O=C(Nc1ccccc1OCC(O)CN1CCC(Oc2ccc(Cl)c(Cl)c2)CC1)C1CCCC1. The molecular weight excluding hydrogens is 475 g/mol. The molecule has 0 bridgehead atoms. The van der Waals surface area contributed by atoms with Gasteiger partial charge in [0.1, 0.15) is 30.3 Å². The Kier molecular flexibility index (Phi) is 8.95. The zero-order valence-electron chi connectivity index (χ0n) is 19.2. The van der Waals surface area contributed by atoms with Gasteiger partial charge in [0, 0.05) is 31.6 Å². The molecule has 34 heavy (non-hydrogen) atoms. The van der Waals surface area contributed by atoms with E-state index < -0.39 is 6.10 Å². The van der Waals surface area contributed by atoms with Crippen LogP contribution >= 0.6 is 23.2 Å². The van der Waals surface area contributed by atoms with Crippen molar-refractivity contribution >= 4 is 34.8 Å². The smallest absolute Gasteiger partial charge is 0.227 e. The molecule has 0 spiro atoms. The van der Waals surface area contributed by atoms with Crippen LogP contribution in [0.2, 0.25) is 10.0 Å². The molecule has 1 saturated carbocycles. The summed E-state index contributed by atoms with van der Waals surface area (Å²) in [5.74, 6) is 1.45. The van der Waals surface area contributed by atoms with Gasteiger partial charge in [-0.15, -0.1) is 0 Å². The molecule has 8 heteroatoms. The number of halogens is 2. The first-order chi connectivity index (χ1) is 16.5. The second kappa shape index (κ2) is 12.1. The topological polar surface area (TPSA) is 71.0 Å². The van der Waals surface area contributed by atoms with Crippen molar-refractivity contribution in [1.29, 1.82) is 0 Å². The molecule has 2 aromatic rings. The van der Waals surface area contributed by atoms with E-state index in [2.05, 4.69) is 10.2 Å². The van der Waals surface area contributed by atoms with Gasteiger partial charge >= 0.3 is 0 Å². The van der Waals surface area contributed by atoms with Crippen LogP contribution in [0, 0.1) is 5.92 Å². The summed E-state index contributed by atoms with van der Waals surface area (Å²) in [6.45, 7) is 2.35. The number of likely N-dealkylation sites (tertiary alicyclic amines) is 1. The van der Waals surface area contributed by atoms with Crippen LogP contribution in [0.1, 0.15) is 38.5 Å². The van der Waals surface area contributed by atoms with Crippen LogP contribution in [0.15, 0.2) is 42.5 Å². The van der Waals surface area contributed by atoms with Crippen LogP contribution in [-0.4, -0.2) is 54.4 Å². The van der Waals surface area contributed by atoms with Crippen LogP contribution in [0.3, 0.4) is 0 Å². The summed E-state index contributed by atoms with van der Waals surface area (Å²) in [7, 11) is 0. The van der Waals surface area contributed by atoms with Crippen LogP contribution < -0.4 is 14.8 Å². The van der Waals surface area contributed by atoms with E-state index in [0.717, 1.165) is 57.4 Å². The molecule has 4 rings (SSSR count). The molecule has 1 atom stereocenters. The fourth-order valence-electron chi connectivity index (χ4n) is 4.61. The molecule has 2 aliphatic rings. The molecule has 1 unspecified atom stereocenters. The molecule has 184 valence electrons. The number of aliphatic hydroxyl groups is 1. The third-order valence-electron chi connectivity index (χ3n) is 6.50. The van der Waals surface area contributed by atoms with Crippen molar-refractivity contribution in [3.8, 4) is 11.5 Å². The number of piperidine rings is 1. The number of hydrogen-bond donors (Lipinski definition) is 2. The number of hydrogen-bond acceptors (Lipinski definition) is 5. The molecule has 1 saturated heterocycles. The fraction of sp³-hybridized carbons (Fsp3) is 0.500. The van der Waals surface area contributed by atoms with Gasteiger partial charge in [0.25, 0.3) is 0 Å². The fourth-order valence-corrected chi connectivity index (χ4v) is 4.90. The molecule has 1 aliphatic heterocycles. The monoisotopic (exact) mass is 506 g/mol. The van der Waals surface area contributed by atoms with E-state index in [4.69, 9.17) is 32.7 Å². The minimum Gasteiger partial charge on any atom is -0.490 e. The van der Waals surface area contributed by atoms with Crippen molar-refractivity contribution in [3.05, 3.63) is 52.5 Å². The predicted octanol–water partition coefficient (Wildman–Crippen LogP) is 5.41. The molecule has 1 amide bonds. The van der Waals surface area contributed by atoms with E-state index in [-0.39, 0.29) is 24.5 Å². The number of carbonyl (C=O) groups excluding carboxylic acids is 1. The summed E-state index contributed by atoms with van der Waals surface area (Å²) in [5, 5.41) is 14.6. The number of para-hydroxylation sites is 2. The van der Waals surface area contributed by atoms with Crippen molar-refractivity contribution in [3.63, 3.8) is 0 Å². The number of amides is 1. The predicted molar refractivity (Wildman–Crippen MR) is 135 cm³/mol. The van der Waals surface area contributed by atoms with Crippen molar-refractivity contribution in [2.45, 2.75) is 50.7 Å². The number of carbonyl (C=O) groups is 1. The molecule has 6 nitrogen and oxygen atoms in total. The van der Waals surface area contributed by atoms with E-state index in [1.165, 1.54) is 0 Å². The lowest BCUT2D eigenvalue weighted by Crippen LogP contribution is -2.43. The first-order valence-electron chi connectivity index (χ1n) is 12.0. The number of nitrogens with one attached hydrogen (secondary N) is 1. The van der Waals surface area contributed by atoms with Gasteiger partial charge in [-0.2, -0.15) is 0 Å². The lowest BCUT2D eigenvalue weighted by atomic mass is 10.1. The van der Waals surface area contributed by atoms with Gasteiger partial charge in [0.2, 0.25) is 5.91 Å². The van der Waals surface area contributed by atoms with Crippen LogP contribution in [0.4, 0.5) is 5.69 Å². The Bertz CT molecular complexity index is 960. The molecule has 0 aromatic heterocycles. The maximum atomic E-state index is 12.5. The van der Waals surface area contributed by atoms with Gasteiger partial charge in [-0.05, 0) is 49.9 Å². The van der Waals surface area contributed by atoms with Crippen molar-refractivity contribution in [2.24, 2.45) is 5.92 Å². The second-order valence-electron chi connectivity index (χ2n) is 9.13. The highest BCUT2D eigenvalue weighted by molar-refractivity contribution is 6.42. The van der Waals surface area contributed by atoms with Crippen molar-refractivity contribution in [1.82, 2.24) is 4.90 Å². The number of nitrogens with zero attached hydrogens (tertiary/aromatic N) is 1. The summed E-state index contributed by atoms with van der Waals surface area (Å²) in [5.41, 5.74) is 0.659. The van der Waals surface area contributed by atoms with Gasteiger partial charge in [0.05, 0.1) is 15.7 Å². The lowest BCUT2D eigenvalue weighted by molar-refractivity contribution is -0.119. The number of aliphatic hydroxyl groups excluding tert-OH is 1. The number of benzene rings is 2. The highest BCUT2D eigenvalue weighted by Gasteiger charge is 2.24. The van der Waals surface area contributed by atoms with E-state index in [9.17, 15) is 9.90 Å². The lowest BCUT2D eigenvalue weighted by Gasteiger charge is -2.33. The quantitative estimate of drug-likeness (QED) is 0.475.